The molecular weight excluding hydrogens is 228 g/mol. The van der Waals surface area contributed by atoms with E-state index in [2.05, 4.69) is 0 Å². The lowest BCUT2D eigenvalue weighted by molar-refractivity contribution is -0.143. The third kappa shape index (κ3) is 2.83. The largest absolute Gasteiger partial charge is 0.420 e. The Morgan fingerprint density at radius 1 is 1.25 bits per heavy atom. The third-order valence-corrected chi connectivity index (χ3v) is 2.48. The molecule has 0 aliphatic heterocycles. The van der Waals surface area contributed by atoms with Crippen molar-refractivity contribution in [3.8, 4) is 5.75 Å². The summed E-state index contributed by atoms with van der Waals surface area (Å²) < 4.78 is 4.92. The summed E-state index contributed by atoms with van der Waals surface area (Å²) in [4.78, 5) is 21.7. The summed E-state index contributed by atoms with van der Waals surface area (Å²) in [6, 6.07) is 5.42. The van der Waals surface area contributed by atoms with Crippen molar-refractivity contribution in [1.29, 1.82) is 0 Å². The van der Waals surface area contributed by atoms with Crippen LogP contribution in [0.3, 0.4) is 0 Å². The van der Waals surface area contributed by atoms with Gasteiger partial charge in [0.15, 0.2) is 0 Å². The van der Waals surface area contributed by atoms with Gasteiger partial charge in [-0.3, -0.25) is 4.79 Å². The normalized spacial score (nSPS) is 9.94. The SMILES string of the molecule is CCc1cccc(OC(=O)C(=O)Cl)c1CC. The first-order chi connectivity index (χ1) is 7.60. The maximum absolute atomic E-state index is 11.1. The van der Waals surface area contributed by atoms with Crippen LogP contribution >= 0.6 is 11.6 Å². The summed E-state index contributed by atoms with van der Waals surface area (Å²) in [6.45, 7) is 3.99. The number of aryl methyl sites for hydroxylation is 1. The van der Waals surface area contributed by atoms with Gasteiger partial charge in [0.05, 0.1) is 0 Å². The van der Waals surface area contributed by atoms with Crippen molar-refractivity contribution >= 4 is 22.8 Å². The molecule has 86 valence electrons. The number of halogens is 1. The van der Waals surface area contributed by atoms with Crippen LogP contribution in [0, 0.1) is 0 Å². The Morgan fingerprint density at radius 2 is 1.94 bits per heavy atom. The predicted molar refractivity (Wildman–Crippen MR) is 61.7 cm³/mol. The van der Waals surface area contributed by atoms with Crippen molar-refractivity contribution in [3.05, 3.63) is 29.3 Å². The molecule has 0 heterocycles. The van der Waals surface area contributed by atoms with E-state index in [0.717, 1.165) is 24.0 Å². The van der Waals surface area contributed by atoms with E-state index in [-0.39, 0.29) is 0 Å². The zero-order valence-corrected chi connectivity index (χ0v) is 10.0. The van der Waals surface area contributed by atoms with E-state index >= 15 is 0 Å². The summed E-state index contributed by atoms with van der Waals surface area (Å²) in [5.74, 6) is -0.620. The Morgan fingerprint density at radius 3 is 2.44 bits per heavy atom. The van der Waals surface area contributed by atoms with Gasteiger partial charge in [-0.25, -0.2) is 4.79 Å². The van der Waals surface area contributed by atoms with Crippen LogP contribution in [0.15, 0.2) is 18.2 Å². The van der Waals surface area contributed by atoms with Crippen molar-refractivity contribution < 1.29 is 14.3 Å². The molecular formula is C12H13ClO3. The third-order valence-electron chi connectivity index (χ3n) is 2.33. The van der Waals surface area contributed by atoms with E-state index < -0.39 is 11.2 Å². The van der Waals surface area contributed by atoms with Crippen molar-refractivity contribution in [3.63, 3.8) is 0 Å². The number of benzene rings is 1. The Kier molecular flexibility index (Phi) is 4.50. The van der Waals surface area contributed by atoms with Crippen LogP contribution in [-0.4, -0.2) is 11.2 Å². The van der Waals surface area contributed by atoms with Gasteiger partial charge < -0.3 is 4.74 Å². The van der Waals surface area contributed by atoms with Crippen molar-refractivity contribution in [1.82, 2.24) is 0 Å². The van der Waals surface area contributed by atoms with Gasteiger partial charge in [0.1, 0.15) is 5.75 Å². The molecule has 0 amide bonds. The summed E-state index contributed by atoms with van der Waals surface area (Å²) in [5.41, 5.74) is 2.05. The summed E-state index contributed by atoms with van der Waals surface area (Å²) >= 11 is 5.03. The number of hydrogen-bond acceptors (Lipinski definition) is 3. The monoisotopic (exact) mass is 240 g/mol. The molecule has 0 atom stereocenters. The molecule has 4 heteroatoms. The molecule has 0 saturated carbocycles. The molecule has 1 aromatic rings. The summed E-state index contributed by atoms with van der Waals surface area (Å²) in [7, 11) is 0. The van der Waals surface area contributed by atoms with E-state index in [1.54, 1.807) is 12.1 Å². The van der Waals surface area contributed by atoms with Crippen LogP contribution in [0.5, 0.6) is 5.75 Å². The molecule has 0 radical (unpaired) electrons. The number of hydrogen-bond donors (Lipinski definition) is 0. The highest BCUT2D eigenvalue weighted by atomic mass is 35.5. The quantitative estimate of drug-likeness (QED) is 0.352. The minimum Gasteiger partial charge on any atom is -0.420 e. The van der Waals surface area contributed by atoms with Gasteiger partial charge in [-0.1, -0.05) is 26.0 Å². The van der Waals surface area contributed by atoms with E-state index in [1.807, 2.05) is 19.9 Å². The van der Waals surface area contributed by atoms with Gasteiger partial charge in [-0.05, 0) is 41.6 Å². The van der Waals surface area contributed by atoms with Gasteiger partial charge in [0.25, 0.3) is 0 Å². The molecule has 0 bridgehead atoms. The number of ether oxygens (including phenoxy) is 1. The first-order valence-electron chi connectivity index (χ1n) is 5.12. The minimum atomic E-state index is -1.11. The highest BCUT2D eigenvalue weighted by Crippen LogP contribution is 2.23. The highest BCUT2D eigenvalue weighted by molar-refractivity contribution is 6.80. The molecule has 0 N–H and O–H groups in total. The Hall–Kier alpha value is -1.35. The second kappa shape index (κ2) is 5.66. The maximum atomic E-state index is 11.1. The smallest absolute Gasteiger partial charge is 0.396 e. The van der Waals surface area contributed by atoms with E-state index in [0.29, 0.717) is 5.75 Å². The fourth-order valence-corrected chi connectivity index (χ4v) is 1.62. The lowest BCUT2D eigenvalue weighted by atomic mass is 10.0. The zero-order valence-electron chi connectivity index (χ0n) is 9.25. The fraction of sp³-hybridized carbons (Fsp3) is 0.333. The van der Waals surface area contributed by atoms with E-state index in [1.165, 1.54) is 0 Å². The zero-order chi connectivity index (χ0) is 12.1. The summed E-state index contributed by atoms with van der Waals surface area (Å²) in [5, 5.41) is -1.11. The van der Waals surface area contributed by atoms with Gasteiger partial charge in [0, 0.05) is 0 Å². The van der Waals surface area contributed by atoms with Crippen LogP contribution < -0.4 is 4.74 Å². The highest BCUT2D eigenvalue weighted by Gasteiger charge is 2.15. The van der Waals surface area contributed by atoms with Crippen LogP contribution in [0.1, 0.15) is 25.0 Å². The van der Waals surface area contributed by atoms with Crippen LogP contribution in [0.25, 0.3) is 0 Å². The van der Waals surface area contributed by atoms with Crippen LogP contribution in [-0.2, 0) is 22.4 Å². The average molecular weight is 241 g/mol. The van der Waals surface area contributed by atoms with Crippen molar-refractivity contribution in [2.24, 2.45) is 0 Å². The van der Waals surface area contributed by atoms with E-state index in [9.17, 15) is 9.59 Å². The molecule has 0 unspecified atom stereocenters. The molecule has 0 spiro atoms. The molecule has 0 aliphatic carbocycles. The molecule has 1 rings (SSSR count). The van der Waals surface area contributed by atoms with Gasteiger partial charge in [-0.2, -0.15) is 0 Å². The van der Waals surface area contributed by atoms with Crippen molar-refractivity contribution in [2.75, 3.05) is 0 Å². The molecule has 0 saturated heterocycles. The molecule has 1 aromatic carbocycles. The maximum Gasteiger partial charge on any atom is 0.396 e. The average Bonchev–Trinajstić information content (AvgIpc) is 2.28. The van der Waals surface area contributed by atoms with Gasteiger partial charge >= 0.3 is 11.2 Å². The lowest BCUT2D eigenvalue weighted by Crippen LogP contribution is -2.16. The predicted octanol–water partition coefficient (Wildman–Crippen LogP) is 2.48. The van der Waals surface area contributed by atoms with E-state index in [4.69, 9.17) is 16.3 Å². The molecule has 0 aromatic heterocycles. The second-order valence-electron chi connectivity index (χ2n) is 3.26. The van der Waals surface area contributed by atoms with Crippen LogP contribution in [0.2, 0.25) is 0 Å². The molecule has 0 aliphatic rings. The standard InChI is InChI=1S/C12H13ClO3/c1-3-8-6-5-7-10(9(8)4-2)16-12(15)11(13)14/h5-7H,3-4H2,1-2H3. The minimum absolute atomic E-state index is 0.417. The molecule has 16 heavy (non-hydrogen) atoms. The van der Waals surface area contributed by atoms with Gasteiger partial charge in [0.2, 0.25) is 0 Å². The first-order valence-corrected chi connectivity index (χ1v) is 5.50. The number of esters is 1. The van der Waals surface area contributed by atoms with Crippen LogP contribution in [0.4, 0.5) is 0 Å². The molecule has 0 fully saturated rings. The fourth-order valence-electron chi connectivity index (χ4n) is 1.58. The summed E-state index contributed by atoms with van der Waals surface area (Å²) in [6.07, 6.45) is 1.59. The Bertz CT molecular complexity index is 413. The Labute approximate surface area is 99.4 Å². The molecule has 3 nitrogen and oxygen atoms in total. The first kappa shape index (κ1) is 12.7. The lowest BCUT2D eigenvalue weighted by Gasteiger charge is -2.11. The number of carbonyl (C=O) groups is 2. The number of carbonyl (C=O) groups excluding carboxylic acids is 2. The topological polar surface area (TPSA) is 43.4 Å². The second-order valence-corrected chi connectivity index (χ2v) is 3.61. The van der Waals surface area contributed by atoms with Crippen molar-refractivity contribution in [2.45, 2.75) is 26.7 Å². The van der Waals surface area contributed by atoms with Gasteiger partial charge in [-0.15, -0.1) is 0 Å². The Balaban J connectivity index is 3.04. The number of rotatable bonds is 4.